The summed E-state index contributed by atoms with van der Waals surface area (Å²) >= 11 is 0. The summed E-state index contributed by atoms with van der Waals surface area (Å²) in [5.74, 6) is -0.315. The van der Waals surface area contributed by atoms with Gasteiger partial charge in [0.25, 0.3) is 0 Å². The lowest BCUT2D eigenvalue weighted by Gasteiger charge is -2.07. The lowest BCUT2D eigenvalue weighted by atomic mass is 10.3. The van der Waals surface area contributed by atoms with Gasteiger partial charge in [-0.15, -0.1) is 13.2 Å². The molecule has 114 valence electrons. The van der Waals surface area contributed by atoms with E-state index in [-0.39, 0.29) is 43.3 Å². The van der Waals surface area contributed by atoms with E-state index in [1.807, 2.05) is 0 Å². The highest BCUT2D eigenvalue weighted by atomic mass is 32.2. The molecule has 8 nitrogen and oxygen atoms in total. The van der Waals surface area contributed by atoms with Crippen molar-refractivity contribution >= 4 is 10.1 Å². The zero-order chi connectivity index (χ0) is 12.2. The number of rotatable bonds is 2. The smallest absolute Gasteiger partial charge is 0.0948 e. The predicted octanol–water partition coefficient (Wildman–Crippen LogP) is 0.0494. The zero-order valence-corrected chi connectivity index (χ0v) is 13.0. The van der Waals surface area contributed by atoms with Gasteiger partial charge in [0.05, 0.1) is 10.1 Å². The molecule has 0 radical (unpaired) electrons. The van der Waals surface area contributed by atoms with Gasteiger partial charge in [0, 0.05) is 5.75 Å². The largest absolute Gasteiger partial charge is 0.855 e. The number of quaternary nitrogens is 3. The molecule has 0 spiro atoms. The zero-order valence-electron chi connectivity index (χ0n) is 12.1. The van der Waals surface area contributed by atoms with Gasteiger partial charge in [0.15, 0.2) is 0 Å². The van der Waals surface area contributed by atoms with E-state index in [1.54, 1.807) is 27.7 Å². The Kier molecular flexibility index (Phi) is 52.4. The second kappa shape index (κ2) is 24.8. The summed E-state index contributed by atoms with van der Waals surface area (Å²) < 4.78 is 29.7. The van der Waals surface area contributed by atoms with E-state index in [1.165, 1.54) is 0 Å². The molecule has 0 atom stereocenters. The number of hydrogen-bond donors (Lipinski definition) is 3. The number of hydrogen-bond acceptors (Lipinski definition) is 5. The highest BCUT2D eigenvalue weighted by Gasteiger charge is 1.97. The van der Waals surface area contributed by atoms with Crippen LogP contribution in [0.15, 0.2) is 0 Å². The first-order chi connectivity index (χ1) is 6.24. The third-order valence-electron chi connectivity index (χ3n) is 0.537. The molecule has 0 amide bonds. The van der Waals surface area contributed by atoms with Crippen molar-refractivity contribution in [3.05, 3.63) is 0 Å². The molecule has 17 heavy (non-hydrogen) atoms. The molecule has 0 aromatic rings. The predicted molar refractivity (Wildman–Crippen MR) is 68.4 cm³/mol. The average molecular weight is 281 g/mol. The average Bonchev–Trinajstić information content (AvgIpc) is 1.83. The van der Waals surface area contributed by atoms with Crippen molar-refractivity contribution in [1.29, 1.82) is 0 Å². The van der Waals surface area contributed by atoms with Crippen LogP contribution in [0.1, 0.15) is 27.7 Å². The first kappa shape index (κ1) is 36.0. The van der Waals surface area contributed by atoms with Gasteiger partial charge in [-0.25, -0.2) is 8.42 Å². The highest BCUT2D eigenvalue weighted by Crippen LogP contribution is 1.95. The molecule has 0 aliphatic carbocycles. The molecule has 0 heterocycles. The van der Waals surface area contributed by atoms with Gasteiger partial charge < -0.3 is 33.2 Å². The monoisotopic (exact) mass is 281 g/mol. The third-order valence-corrected chi connectivity index (χ3v) is 1.61. The third kappa shape index (κ3) is 133. The molecule has 0 aromatic carbocycles. The summed E-state index contributed by atoms with van der Waals surface area (Å²) in [6.07, 6.45) is 0. The molecule has 0 aliphatic heterocycles. The van der Waals surface area contributed by atoms with Crippen molar-refractivity contribution in [2.45, 2.75) is 27.7 Å². The maximum absolute atomic E-state index is 9.89. The Bertz CT molecular complexity index is 184. The molecule has 0 bridgehead atoms. The van der Waals surface area contributed by atoms with Gasteiger partial charge in [-0.1, -0.05) is 27.7 Å². The topological polar surface area (TPSA) is 213 Å². The SMILES string of the molecule is CC(C)CS(=O)(=O)[O-].CC[O-].CC[O-].[NH4+].[NH4+].[NH4+]. The van der Waals surface area contributed by atoms with Crippen molar-refractivity contribution in [1.82, 2.24) is 18.5 Å². The lowest BCUT2D eigenvalue weighted by molar-refractivity contribution is -0.362. The summed E-state index contributed by atoms with van der Waals surface area (Å²) in [5, 5.41) is 17.9. The van der Waals surface area contributed by atoms with Crippen molar-refractivity contribution in [2.24, 2.45) is 5.92 Å². The molecule has 9 heteroatoms. The van der Waals surface area contributed by atoms with Crippen LogP contribution >= 0.6 is 0 Å². The fraction of sp³-hybridized carbons (Fsp3) is 1.00. The van der Waals surface area contributed by atoms with Crippen LogP contribution in [0.5, 0.6) is 0 Å². The van der Waals surface area contributed by atoms with Crippen LogP contribution in [0.3, 0.4) is 0 Å². The van der Waals surface area contributed by atoms with Crippen LogP contribution in [0.4, 0.5) is 0 Å². The van der Waals surface area contributed by atoms with Crippen molar-refractivity contribution in [2.75, 3.05) is 19.0 Å². The Hall–Kier alpha value is -0.290. The normalized spacial score (nSPS) is 8.00. The van der Waals surface area contributed by atoms with E-state index in [4.69, 9.17) is 10.2 Å². The van der Waals surface area contributed by atoms with E-state index in [0.717, 1.165) is 0 Å². The van der Waals surface area contributed by atoms with Gasteiger partial charge in [-0.2, -0.15) is 0 Å². The van der Waals surface area contributed by atoms with E-state index in [9.17, 15) is 13.0 Å². The van der Waals surface area contributed by atoms with Gasteiger partial charge in [-0.3, -0.25) is 0 Å². The first-order valence-electron chi connectivity index (χ1n) is 4.34. The van der Waals surface area contributed by atoms with Crippen LogP contribution in [0.25, 0.3) is 0 Å². The van der Waals surface area contributed by atoms with Crippen molar-refractivity contribution in [3.63, 3.8) is 0 Å². The molecule has 0 fully saturated rings. The van der Waals surface area contributed by atoms with Crippen LogP contribution < -0.4 is 28.7 Å². The highest BCUT2D eigenvalue weighted by molar-refractivity contribution is 7.85. The van der Waals surface area contributed by atoms with E-state index >= 15 is 0 Å². The maximum Gasteiger partial charge on any atom is 0.0948 e. The molecule has 0 rings (SSSR count). The maximum atomic E-state index is 9.89. The fourth-order valence-corrected chi connectivity index (χ4v) is 1.22. The summed E-state index contributed by atoms with van der Waals surface area (Å²) in [7, 11) is -3.97. The Morgan fingerprint density at radius 3 is 1.12 bits per heavy atom. The summed E-state index contributed by atoms with van der Waals surface area (Å²) in [6.45, 7) is 6.52. The quantitative estimate of drug-likeness (QED) is 0.596. The van der Waals surface area contributed by atoms with E-state index < -0.39 is 10.1 Å². The summed E-state index contributed by atoms with van der Waals surface area (Å²) in [6, 6.07) is 0. The second-order valence-electron chi connectivity index (χ2n) is 2.70. The molecular weight excluding hydrogens is 250 g/mol. The van der Waals surface area contributed by atoms with Gasteiger partial charge in [0.2, 0.25) is 0 Å². The minimum absolute atomic E-state index is 0. The lowest BCUT2D eigenvalue weighted by Crippen LogP contribution is -2.09. The van der Waals surface area contributed by atoms with Crippen molar-refractivity contribution < 1.29 is 23.2 Å². The van der Waals surface area contributed by atoms with Crippen LogP contribution in [-0.4, -0.2) is 31.9 Å². The van der Waals surface area contributed by atoms with Crippen LogP contribution in [0.2, 0.25) is 0 Å². The van der Waals surface area contributed by atoms with E-state index in [0.29, 0.717) is 0 Å². The van der Waals surface area contributed by atoms with Crippen LogP contribution in [-0.2, 0) is 10.1 Å². The summed E-state index contributed by atoms with van der Waals surface area (Å²) in [4.78, 5) is 0. The van der Waals surface area contributed by atoms with E-state index in [2.05, 4.69) is 0 Å². The fourth-order valence-electron chi connectivity index (χ4n) is 0.408. The van der Waals surface area contributed by atoms with Gasteiger partial charge in [0.1, 0.15) is 0 Å². The Morgan fingerprint density at radius 1 is 0.941 bits per heavy atom. The van der Waals surface area contributed by atoms with Crippen LogP contribution in [0, 0.1) is 5.92 Å². The minimum atomic E-state index is -3.97. The van der Waals surface area contributed by atoms with Gasteiger partial charge in [-0.05, 0) is 5.92 Å². The molecule has 12 N–H and O–H groups in total. The Balaban J connectivity index is -0.0000000292. The Morgan fingerprint density at radius 2 is 1.12 bits per heavy atom. The minimum Gasteiger partial charge on any atom is -0.855 e. The summed E-state index contributed by atoms with van der Waals surface area (Å²) in [5.41, 5.74) is 0. The molecule has 0 aliphatic rings. The molecular formula is C8H31N3O5S. The first-order valence-corrected chi connectivity index (χ1v) is 5.92. The Labute approximate surface area is 105 Å². The second-order valence-corrected chi connectivity index (χ2v) is 4.14. The molecule has 0 saturated heterocycles. The van der Waals surface area contributed by atoms with Gasteiger partial charge >= 0.3 is 0 Å². The standard InChI is InChI=1S/C4H10O3S.2C2H5O.3H3N/c1-4(2)3-8(5,6)7;2*1-2-3;;;/h4H,3H2,1-2H3,(H,5,6,7);2*2H2,1H3;3*1H3/q;2*-1;;;/p+2. The molecule has 0 aromatic heterocycles. The molecule has 0 unspecified atom stereocenters. The molecule has 0 saturated carbocycles. The van der Waals surface area contributed by atoms with Crippen molar-refractivity contribution in [3.8, 4) is 0 Å².